The zero-order valence-electron chi connectivity index (χ0n) is 18.2. The molecule has 1 N–H and O–H groups in total. The molecule has 34 heavy (non-hydrogen) atoms. The Kier molecular flexibility index (Phi) is 5.95. The van der Waals surface area contributed by atoms with Crippen molar-refractivity contribution in [2.75, 3.05) is 4.90 Å². The Morgan fingerprint density at radius 1 is 1.03 bits per heavy atom. The molecule has 4 rings (SSSR count). The van der Waals surface area contributed by atoms with E-state index in [1.165, 1.54) is 12.1 Å². The fourth-order valence-corrected chi connectivity index (χ4v) is 3.83. The summed E-state index contributed by atoms with van der Waals surface area (Å²) < 4.78 is 47.1. The van der Waals surface area contributed by atoms with Gasteiger partial charge in [-0.15, -0.1) is 13.2 Å². The van der Waals surface area contributed by atoms with Crippen molar-refractivity contribution in [3.05, 3.63) is 88.9 Å². The Labute approximate surface area is 192 Å². The molecule has 3 aromatic rings. The van der Waals surface area contributed by atoms with Gasteiger partial charge in [0.1, 0.15) is 29.1 Å². The van der Waals surface area contributed by atoms with E-state index in [2.05, 4.69) is 4.74 Å². The number of carbonyl (C=O) groups excluding carboxylic acids is 2. The summed E-state index contributed by atoms with van der Waals surface area (Å²) in [4.78, 5) is 27.2. The van der Waals surface area contributed by atoms with Gasteiger partial charge >= 0.3 is 6.36 Å². The third-order valence-corrected chi connectivity index (χ3v) is 5.46. The van der Waals surface area contributed by atoms with E-state index in [1.807, 2.05) is 6.92 Å². The fraction of sp³-hybridized carbons (Fsp3) is 0.200. The van der Waals surface area contributed by atoms with E-state index in [9.17, 15) is 27.9 Å². The predicted molar refractivity (Wildman–Crippen MR) is 117 cm³/mol. The van der Waals surface area contributed by atoms with Crippen LogP contribution < -0.4 is 9.64 Å². The highest BCUT2D eigenvalue weighted by Crippen LogP contribution is 2.43. The molecule has 1 fully saturated rings. The molecule has 2 heterocycles. The largest absolute Gasteiger partial charge is 0.573 e. The number of benzene rings is 2. The van der Waals surface area contributed by atoms with Crippen molar-refractivity contribution in [3.8, 4) is 5.75 Å². The first-order valence-electron chi connectivity index (χ1n) is 10.4. The second-order valence-corrected chi connectivity index (χ2v) is 7.71. The van der Waals surface area contributed by atoms with Crippen molar-refractivity contribution in [2.24, 2.45) is 0 Å². The van der Waals surface area contributed by atoms with Gasteiger partial charge in [0.25, 0.3) is 11.7 Å². The molecule has 0 radical (unpaired) electrons. The van der Waals surface area contributed by atoms with Crippen molar-refractivity contribution in [1.29, 1.82) is 0 Å². The molecule has 1 aliphatic heterocycles. The van der Waals surface area contributed by atoms with Crippen LogP contribution in [0.2, 0.25) is 0 Å². The number of carbonyl (C=O) groups is 2. The minimum Gasteiger partial charge on any atom is -0.507 e. The smallest absolute Gasteiger partial charge is 0.507 e. The first kappa shape index (κ1) is 23.2. The molecule has 1 saturated heterocycles. The zero-order chi connectivity index (χ0) is 24.6. The van der Waals surface area contributed by atoms with Gasteiger partial charge in [-0.05, 0) is 55.3 Å². The van der Waals surface area contributed by atoms with Crippen LogP contribution in [0.4, 0.5) is 18.9 Å². The lowest BCUT2D eigenvalue weighted by Crippen LogP contribution is -2.29. The van der Waals surface area contributed by atoms with E-state index >= 15 is 0 Å². The normalized spacial score (nSPS) is 17.9. The SMILES string of the molecule is CCc1ccc(/C(O)=C2/C(=O)C(=O)N(c3ccc(OC(F)(F)F)cc3)C2c2ccc(C)o2)cc1. The second kappa shape index (κ2) is 8.74. The summed E-state index contributed by atoms with van der Waals surface area (Å²) in [5.41, 5.74) is 1.32. The highest BCUT2D eigenvalue weighted by atomic mass is 19.4. The standard InChI is InChI=1S/C25H20F3NO5/c1-3-15-5-7-16(8-6-15)22(30)20-21(19-13-4-14(2)33-19)29(24(32)23(20)31)17-9-11-18(12-10-17)34-25(26,27)28/h4-13,21,30H,3H2,1-2H3/b22-20-. The van der Waals surface area contributed by atoms with Gasteiger partial charge in [-0.25, -0.2) is 0 Å². The molecule has 0 aliphatic carbocycles. The van der Waals surface area contributed by atoms with Gasteiger partial charge < -0.3 is 14.3 Å². The molecule has 1 aromatic heterocycles. The monoisotopic (exact) mass is 471 g/mol. The number of alkyl halides is 3. The first-order valence-corrected chi connectivity index (χ1v) is 10.4. The molecular weight excluding hydrogens is 451 g/mol. The highest BCUT2D eigenvalue weighted by Gasteiger charge is 2.48. The summed E-state index contributed by atoms with van der Waals surface area (Å²) in [6.07, 6.45) is -4.09. The minimum absolute atomic E-state index is 0.135. The van der Waals surface area contributed by atoms with Crippen molar-refractivity contribution in [3.63, 3.8) is 0 Å². The van der Waals surface area contributed by atoms with Gasteiger partial charge in [-0.2, -0.15) is 0 Å². The molecule has 1 aliphatic rings. The van der Waals surface area contributed by atoms with Crippen molar-refractivity contribution >= 4 is 23.1 Å². The molecular formula is C25H20F3NO5. The number of aryl methyl sites for hydroxylation is 2. The van der Waals surface area contributed by atoms with Crippen LogP contribution in [-0.2, 0) is 16.0 Å². The van der Waals surface area contributed by atoms with Gasteiger partial charge in [-0.1, -0.05) is 31.2 Å². The molecule has 9 heteroatoms. The fourth-order valence-electron chi connectivity index (χ4n) is 3.83. The summed E-state index contributed by atoms with van der Waals surface area (Å²) in [6.45, 7) is 3.66. The highest BCUT2D eigenvalue weighted by molar-refractivity contribution is 6.51. The molecule has 176 valence electrons. The van der Waals surface area contributed by atoms with E-state index in [1.54, 1.807) is 43.3 Å². The summed E-state index contributed by atoms with van der Waals surface area (Å²) >= 11 is 0. The number of furan rings is 1. The summed E-state index contributed by atoms with van der Waals surface area (Å²) in [6, 6.07) is 13.5. The third-order valence-electron chi connectivity index (χ3n) is 5.46. The van der Waals surface area contributed by atoms with Crippen molar-refractivity contribution < 1.29 is 37.0 Å². The number of anilines is 1. The van der Waals surface area contributed by atoms with Gasteiger partial charge in [0.2, 0.25) is 0 Å². The number of rotatable bonds is 5. The van der Waals surface area contributed by atoms with Gasteiger partial charge in [0, 0.05) is 11.3 Å². The number of amides is 1. The maximum atomic E-state index is 13.0. The van der Waals surface area contributed by atoms with E-state index in [4.69, 9.17) is 4.42 Å². The van der Waals surface area contributed by atoms with Gasteiger partial charge in [0.05, 0.1) is 5.57 Å². The van der Waals surface area contributed by atoms with E-state index in [-0.39, 0.29) is 22.8 Å². The maximum Gasteiger partial charge on any atom is 0.573 e. The average molecular weight is 471 g/mol. The van der Waals surface area contributed by atoms with Gasteiger partial charge in [0.15, 0.2) is 0 Å². The van der Waals surface area contributed by atoms with Gasteiger partial charge in [-0.3, -0.25) is 14.5 Å². The zero-order valence-corrected chi connectivity index (χ0v) is 18.2. The third kappa shape index (κ3) is 4.41. The lowest BCUT2D eigenvalue weighted by Gasteiger charge is -2.23. The first-order chi connectivity index (χ1) is 16.1. The molecule has 2 aromatic carbocycles. The lowest BCUT2D eigenvalue weighted by molar-refractivity contribution is -0.274. The predicted octanol–water partition coefficient (Wildman–Crippen LogP) is 5.68. The summed E-state index contributed by atoms with van der Waals surface area (Å²) in [7, 11) is 0. The number of halogens is 3. The number of ether oxygens (including phenoxy) is 1. The summed E-state index contributed by atoms with van der Waals surface area (Å²) in [5.74, 6) is -2.00. The van der Waals surface area contributed by atoms with Crippen LogP contribution in [0.15, 0.2) is 70.7 Å². The van der Waals surface area contributed by atoms with Crippen LogP contribution in [0, 0.1) is 6.92 Å². The number of Topliss-reactive ketones (excluding diaryl/α,β-unsaturated/α-hetero) is 1. The second-order valence-electron chi connectivity index (χ2n) is 7.71. The van der Waals surface area contributed by atoms with Crippen LogP contribution in [0.5, 0.6) is 5.75 Å². The molecule has 0 saturated carbocycles. The Morgan fingerprint density at radius 2 is 1.68 bits per heavy atom. The maximum absolute atomic E-state index is 13.0. The van der Waals surface area contributed by atoms with Crippen LogP contribution >= 0.6 is 0 Å². The Balaban J connectivity index is 1.82. The quantitative estimate of drug-likeness (QED) is 0.294. The number of aliphatic hydroxyl groups excluding tert-OH is 1. The molecule has 0 spiro atoms. The van der Waals surface area contributed by atoms with Crippen molar-refractivity contribution in [1.82, 2.24) is 0 Å². The minimum atomic E-state index is -4.87. The number of ketones is 1. The Morgan fingerprint density at radius 3 is 2.21 bits per heavy atom. The molecule has 1 amide bonds. The molecule has 1 atom stereocenters. The molecule has 0 bridgehead atoms. The number of hydrogen-bond acceptors (Lipinski definition) is 5. The van der Waals surface area contributed by atoms with Crippen LogP contribution in [0.1, 0.15) is 35.6 Å². The number of nitrogens with zero attached hydrogens (tertiary/aromatic N) is 1. The topological polar surface area (TPSA) is 80.0 Å². The van der Waals surface area contributed by atoms with E-state index in [0.717, 1.165) is 29.0 Å². The van der Waals surface area contributed by atoms with Crippen LogP contribution in [0.25, 0.3) is 5.76 Å². The molecule has 1 unspecified atom stereocenters. The lowest BCUT2D eigenvalue weighted by atomic mass is 9.98. The average Bonchev–Trinajstić information content (AvgIpc) is 3.34. The molecule has 6 nitrogen and oxygen atoms in total. The Hall–Kier alpha value is -4.01. The summed E-state index contributed by atoms with van der Waals surface area (Å²) in [5, 5.41) is 11.0. The van der Waals surface area contributed by atoms with E-state index in [0.29, 0.717) is 11.3 Å². The van der Waals surface area contributed by atoms with Crippen LogP contribution in [0.3, 0.4) is 0 Å². The Bertz CT molecular complexity index is 1260. The van der Waals surface area contributed by atoms with Crippen molar-refractivity contribution in [2.45, 2.75) is 32.7 Å². The number of hydrogen-bond donors (Lipinski definition) is 1. The number of aliphatic hydroxyl groups is 1. The van der Waals surface area contributed by atoms with Crippen LogP contribution in [-0.4, -0.2) is 23.2 Å². The van der Waals surface area contributed by atoms with E-state index < -0.39 is 29.8 Å².